The fraction of sp³-hybridized carbons (Fsp3) is 0. The second-order valence-electron chi connectivity index (χ2n) is 2.20. The van der Waals surface area contributed by atoms with Gasteiger partial charge in [-0.05, 0) is 15.9 Å². The maximum Gasteiger partial charge on any atom is 0.276 e. The molecule has 12 heavy (non-hydrogen) atoms. The van der Waals surface area contributed by atoms with Crippen molar-refractivity contribution in [3.05, 3.63) is 32.4 Å². The van der Waals surface area contributed by atoms with E-state index in [1.54, 1.807) is 6.20 Å². The van der Waals surface area contributed by atoms with Crippen molar-refractivity contribution >= 4 is 33.0 Å². The number of nitrogens with zero attached hydrogens (tertiary/aromatic N) is 2. The van der Waals surface area contributed by atoms with E-state index in [4.69, 9.17) is 11.6 Å². The lowest BCUT2D eigenvalue weighted by molar-refractivity contribution is 0.888. The van der Waals surface area contributed by atoms with Gasteiger partial charge in [0.1, 0.15) is 11.8 Å². The first-order valence-electron chi connectivity index (χ1n) is 3.10. The minimum absolute atomic E-state index is 0.249. The summed E-state index contributed by atoms with van der Waals surface area (Å²) in [5, 5.41) is 4.25. The molecule has 0 radical (unpaired) electrons. The lowest BCUT2D eigenvalue weighted by Gasteiger charge is -1.89. The van der Waals surface area contributed by atoms with Gasteiger partial charge in [-0.2, -0.15) is 5.10 Å². The smallest absolute Gasteiger partial charge is 0.276 e. The summed E-state index contributed by atoms with van der Waals surface area (Å²) in [5.74, 6) is 0. The number of hydrogen-bond donors (Lipinski definition) is 1. The molecule has 4 nitrogen and oxygen atoms in total. The minimum Gasteiger partial charge on any atom is -0.310 e. The molecule has 2 heterocycles. The van der Waals surface area contributed by atoms with Crippen molar-refractivity contribution in [3.63, 3.8) is 0 Å². The van der Waals surface area contributed by atoms with Crippen LogP contribution in [0.1, 0.15) is 0 Å². The number of halogens is 2. The lowest BCUT2D eigenvalue weighted by Crippen LogP contribution is -2.09. The van der Waals surface area contributed by atoms with Crippen molar-refractivity contribution < 1.29 is 0 Å². The molecular weight excluding hydrogens is 245 g/mol. The number of hydrogen-bond acceptors (Lipinski definition) is 2. The molecule has 0 spiro atoms. The number of rotatable bonds is 0. The molecule has 2 aromatic heterocycles. The van der Waals surface area contributed by atoms with Gasteiger partial charge in [0.25, 0.3) is 5.56 Å². The zero-order valence-electron chi connectivity index (χ0n) is 5.71. The molecule has 0 aliphatic carbocycles. The third-order valence-corrected chi connectivity index (χ3v) is 2.69. The minimum atomic E-state index is -0.249. The van der Waals surface area contributed by atoms with E-state index in [9.17, 15) is 4.79 Å². The molecule has 0 unspecified atom stereocenters. The van der Waals surface area contributed by atoms with Crippen molar-refractivity contribution in [1.29, 1.82) is 0 Å². The molecule has 0 fully saturated rings. The van der Waals surface area contributed by atoms with Crippen LogP contribution in [0.4, 0.5) is 0 Å². The molecule has 1 N–H and O–H groups in total. The Morgan fingerprint density at radius 3 is 3.08 bits per heavy atom. The Morgan fingerprint density at radius 1 is 1.67 bits per heavy atom. The monoisotopic (exact) mass is 247 g/mol. The SMILES string of the molecule is O=c1[nH]cnn2cc(Br)c(Cl)c12. The van der Waals surface area contributed by atoms with Gasteiger partial charge in [-0.1, -0.05) is 11.6 Å². The fourth-order valence-electron chi connectivity index (χ4n) is 0.955. The van der Waals surface area contributed by atoms with Crippen molar-refractivity contribution in [2.75, 3.05) is 0 Å². The van der Waals surface area contributed by atoms with Crippen LogP contribution in [-0.2, 0) is 0 Å². The molecule has 2 rings (SSSR count). The normalized spacial score (nSPS) is 10.8. The molecule has 0 aliphatic rings. The molecular formula is C6H3BrClN3O. The molecule has 0 bridgehead atoms. The van der Waals surface area contributed by atoms with Crippen LogP contribution in [0, 0.1) is 0 Å². The highest BCUT2D eigenvalue weighted by atomic mass is 79.9. The second-order valence-corrected chi connectivity index (χ2v) is 3.43. The standard InChI is InChI=1S/C6H3BrClN3O/c7-3-1-11-5(4(3)8)6(12)9-2-10-11/h1-2H,(H,9,10,12). The Kier molecular flexibility index (Phi) is 1.69. The Labute approximate surface area is 80.3 Å². The average molecular weight is 248 g/mol. The first-order chi connectivity index (χ1) is 5.70. The van der Waals surface area contributed by atoms with Crippen molar-refractivity contribution in [3.8, 4) is 0 Å². The molecule has 0 saturated carbocycles. The van der Waals surface area contributed by atoms with Crippen LogP contribution in [0.5, 0.6) is 0 Å². The van der Waals surface area contributed by atoms with Gasteiger partial charge in [-0.3, -0.25) is 4.79 Å². The molecule has 0 aliphatic heterocycles. The van der Waals surface area contributed by atoms with E-state index < -0.39 is 0 Å². The zero-order chi connectivity index (χ0) is 8.72. The highest BCUT2D eigenvalue weighted by Crippen LogP contribution is 2.25. The molecule has 62 valence electrons. The summed E-state index contributed by atoms with van der Waals surface area (Å²) in [6.07, 6.45) is 2.95. The number of nitrogens with one attached hydrogen (secondary N) is 1. The van der Waals surface area contributed by atoms with E-state index in [1.807, 2.05) is 0 Å². The van der Waals surface area contributed by atoms with E-state index in [2.05, 4.69) is 26.0 Å². The second kappa shape index (κ2) is 2.60. The maximum absolute atomic E-state index is 11.2. The van der Waals surface area contributed by atoms with Gasteiger partial charge in [-0.25, -0.2) is 4.52 Å². The Hall–Kier alpha value is -0.810. The summed E-state index contributed by atoms with van der Waals surface area (Å²) in [5.41, 5.74) is 0.103. The predicted octanol–water partition coefficient (Wildman–Crippen LogP) is 1.44. The maximum atomic E-state index is 11.2. The number of aromatic amines is 1. The van der Waals surface area contributed by atoms with E-state index in [0.29, 0.717) is 15.0 Å². The van der Waals surface area contributed by atoms with Gasteiger partial charge in [0, 0.05) is 6.20 Å². The van der Waals surface area contributed by atoms with Gasteiger partial charge in [-0.15, -0.1) is 0 Å². The van der Waals surface area contributed by atoms with Crippen molar-refractivity contribution in [2.45, 2.75) is 0 Å². The third-order valence-electron chi connectivity index (χ3n) is 1.48. The molecule has 0 atom stereocenters. The van der Waals surface area contributed by atoms with Crippen LogP contribution in [0.3, 0.4) is 0 Å². The number of H-pyrrole nitrogens is 1. The van der Waals surface area contributed by atoms with Crippen LogP contribution < -0.4 is 5.56 Å². The molecule has 2 aromatic rings. The van der Waals surface area contributed by atoms with Gasteiger partial charge >= 0.3 is 0 Å². The summed E-state index contributed by atoms with van der Waals surface area (Å²) < 4.78 is 2.08. The van der Waals surface area contributed by atoms with E-state index in [0.717, 1.165) is 0 Å². The van der Waals surface area contributed by atoms with E-state index in [1.165, 1.54) is 10.8 Å². The summed E-state index contributed by atoms with van der Waals surface area (Å²) in [4.78, 5) is 13.6. The van der Waals surface area contributed by atoms with E-state index in [-0.39, 0.29) is 5.56 Å². The van der Waals surface area contributed by atoms with Crippen molar-refractivity contribution in [1.82, 2.24) is 14.6 Å². The van der Waals surface area contributed by atoms with Crippen LogP contribution in [-0.4, -0.2) is 14.6 Å². The van der Waals surface area contributed by atoms with E-state index >= 15 is 0 Å². The van der Waals surface area contributed by atoms with Gasteiger partial charge in [0.05, 0.1) is 9.50 Å². The topological polar surface area (TPSA) is 50.2 Å². The first-order valence-corrected chi connectivity index (χ1v) is 4.27. The Morgan fingerprint density at radius 2 is 2.42 bits per heavy atom. The molecule has 0 saturated heterocycles. The first kappa shape index (κ1) is 7.82. The predicted molar refractivity (Wildman–Crippen MR) is 48.5 cm³/mol. The molecule has 6 heteroatoms. The third kappa shape index (κ3) is 0.971. The summed E-state index contributed by atoms with van der Waals surface area (Å²) in [7, 11) is 0. The van der Waals surface area contributed by atoms with Crippen molar-refractivity contribution in [2.24, 2.45) is 0 Å². The van der Waals surface area contributed by atoms with Gasteiger partial charge in [0.15, 0.2) is 0 Å². The number of fused-ring (bicyclic) bond motifs is 1. The quantitative estimate of drug-likeness (QED) is 0.767. The average Bonchev–Trinajstić information content (AvgIpc) is 2.29. The highest BCUT2D eigenvalue weighted by Gasteiger charge is 2.09. The fourth-order valence-corrected chi connectivity index (χ4v) is 1.56. The highest BCUT2D eigenvalue weighted by molar-refractivity contribution is 9.10. The summed E-state index contributed by atoms with van der Waals surface area (Å²) in [6, 6.07) is 0. The summed E-state index contributed by atoms with van der Waals surface area (Å²) >= 11 is 9.02. The summed E-state index contributed by atoms with van der Waals surface area (Å²) in [6.45, 7) is 0. The Bertz CT molecular complexity index is 489. The largest absolute Gasteiger partial charge is 0.310 e. The van der Waals surface area contributed by atoms with Crippen LogP contribution in [0.2, 0.25) is 5.02 Å². The van der Waals surface area contributed by atoms with Gasteiger partial charge < -0.3 is 4.98 Å². The van der Waals surface area contributed by atoms with Gasteiger partial charge in [0.2, 0.25) is 0 Å². The van der Waals surface area contributed by atoms with Crippen LogP contribution in [0.15, 0.2) is 21.8 Å². The van der Waals surface area contributed by atoms with Crippen LogP contribution >= 0.6 is 27.5 Å². The number of aromatic nitrogens is 3. The molecule has 0 aromatic carbocycles. The lowest BCUT2D eigenvalue weighted by atomic mass is 10.5. The molecule has 0 amide bonds. The Balaban J connectivity index is 3.07. The zero-order valence-corrected chi connectivity index (χ0v) is 8.06. The van der Waals surface area contributed by atoms with Crippen LogP contribution in [0.25, 0.3) is 5.52 Å².